The van der Waals surface area contributed by atoms with E-state index in [1.165, 1.54) is 18.2 Å². The summed E-state index contributed by atoms with van der Waals surface area (Å²) in [6.45, 7) is 0. The van der Waals surface area contributed by atoms with Gasteiger partial charge in [0.15, 0.2) is 0 Å². The summed E-state index contributed by atoms with van der Waals surface area (Å²) in [6.07, 6.45) is 5.55. The van der Waals surface area contributed by atoms with E-state index in [1.807, 2.05) is 72.8 Å². The highest BCUT2D eigenvalue weighted by atomic mass is 16.6. The van der Waals surface area contributed by atoms with Gasteiger partial charge in [0.05, 0.1) is 18.7 Å². The van der Waals surface area contributed by atoms with Gasteiger partial charge in [-0.2, -0.15) is 0 Å². The molecule has 160 valence electrons. The molecule has 1 amide bonds. The molecule has 0 unspecified atom stereocenters. The topological polar surface area (TPSA) is 55.8 Å². The average Bonchev–Trinajstić information content (AvgIpc) is 2.84. The van der Waals surface area contributed by atoms with Crippen molar-refractivity contribution < 1.29 is 19.1 Å². The first-order chi connectivity index (χ1) is 15.7. The van der Waals surface area contributed by atoms with E-state index in [0.29, 0.717) is 17.7 Å². The molecule has 1 atom stereocenters. The number of carbonyl (C=O) groups is 2. The number of fused-ring (bicyclic) bond motifs is 1. The number of methoxy groups -OCH3 is 1. The fourth-order valence-corrected chi connectivity index (χ4v) is 3.71. The standard InChI is InChI=1S/C27H23NO4/c1-31-26(29)24-19-28(27(30)32-21-14-6-3-7-15-21)25(23-17-9-8-16-22(23)24)18-10-13-20-11-4-2-5-12-20/h2-17,19,25H,18H2,1H3/b13-10+/t25-/m0/s1. The first-order valence-electron chi connectivity index (χ1n) is 10.3. The number of nitrogens with zero attached hydrogens (tertiary/aromatic N) is 1. The van der Waals surface area contributed by atoms with Crippen molar-refractivity contribution in [2.45, 2.75) is 12.5 Å². The van der Waals surface area contributed by atoms with Crippen LogP contribution in [0.4, 0.5) is 4.79 Å². The lowest BCUT2D eigenvalue weighted by molar-refractivity contribution is -0.133. The van der Waals surface area contributed by atoms with E-state index in [4.69, 9.17) is 9.47 Å². The highest BCUT2D eigenvalue weighted by Gasteiger charge is 2.34. The second-order valence-corrected chi connectivity index (χ2v) is 7.27. The van der Waals surface area contributed by atoms with Crippen LogP contribution in [-0.4, -0.2) is 24.1 Å². The van der Waals surface area contributed by atoms with Crippen molar-refractivity contribution in [3.05, 3.63) is 114 Å². The Balaban J connectivity index is 1.69. The first kappa shape index (κ1) is 21.1. The highest BCUT2D eigenvalue weighted by molar-refractivity contribution is 6.17. The van der Waals surface area contributed by atoms with Crippen molar-refractivity contribution in [2.24, 2.45) is 0 Å². The lowest BCUT2D eigenvalue weighted by Gasteiger charge is -2.33. The van der Waals surface area contributed by atoms with Crippen molar-refractivity contribution in [3.63, 3.8) is 0 Å². The van der Waals surface area contributed by atoms with Crippen molar-refractivity contribution in [1.29, 1.82) is 0 Å². The molecular weight excluding hydrogens is 402 g/mol. The van der Waals surface area contributed by atoms with Gasteiger partial charge in [0.1, 0.15) is 5.75 Å². The summed E-state index contributed by atoms with van der Waals surface area (Å²) < 4.78 is 10.6. The van der Waals surface area contributed by atoms with Gasteiger partial charge in [-0.05, 0) is 35.2 Å². The van der Waals surface area contributed by atoms with Crippen LogP contribution in [0, 0.1) is 0 Å². The second-order valence-electron chi connectivity index (χ2n) is 7.27. The summed E-state index contributed by atoms with van der Waals surface area (Å²) in [7, 11) is 1.33. The molecule has 0 aromatic heterocycles. The minimum Gasteiger partial charge on any atom is -0.465 e. The molecule has 0 bridgehead atoms. The summed E-state index contributed by atoms with van der Waals surface area (Å²) in [6, 6.07) is 26.0. The van der Waals surface area contributed by atoms with Crippen LogP contribution in [-0.2, 0) is 9.53 Å². The van der Waals surface area contributed by atoms with Crippen LogP contribution in [0.1, 0.15) is 29.2 Å². The van der Waals surface area contributed by atoms with Crippen molar-refractivity contribution >= 4 is 23.7 Å². The number of rotatable bonds is 5. The minimum atomic E-state index is -0.565. The minimum absolute atomic E-state index is 0.316. The lowest BCUT2D eigenvalue weighted by atomic mass is 9.89. The first-order valence-corrected chi connectivity index (χ1v) is 10.3. The Morgan fingerprint density at radius 1 is 0.906 bits per heavy atom. The van der Waals surface area contributed by atoms with Gasteiger partial charge in [-0.1, -0.05) is 84.9 Å². The zero-order valence-electron chi connectivity index (χ0n) is 17.7. The third-order valence-corrected chi connectivity index (χ3v) is 5.25. The van der Waals surface area contributed by atoms with Gasteiger partial charge in [0.2, 0.25) is 0 Å². The van der Waals surface area contributed by atoms with Gasteiger partial charge < -0.3 is 9.47 Å². The molecule has 0 fully saturated rings. The number of ether oxygens (including phenoxy) is 2. The van der Waals surface area contributed by atoms with Gasteiger partial charge >= 0.3 is 12.1 Å². The molecule has 4 rings (SSSR count). The zero-order valence-corrected chi connectivity index (χ0v) is 17.7. The van der Waals surface area contributed by atoms with E-state index in [9.17, 15) is 9.59 Å². The third kappa shape index (κ3) is 4.62. The number of carbonyl (C=O) groups excluding carboxylic acids is 2. The Labute approximate surface area is 187 Å². The number of esters is 1. The maximum absolute atomic E-state index is 13.2. The summed E-state index contributed by atoms with van der Waals surface area (Å²) in [5.74, 6) is -0.0730. The summed E-state index contributed by atoms with van der Waals surface area (Å²) >= 11 is 0. The number of hydrogen-bond acceptors (Lipinski definition) is 4. The number of hydrogen-bond donors (Lipinski definition) is 0. The van der Waals surface area contributed by atoms with Gasteiger partial charge in [-0.3, -0.25) is 4.90 Å². The molecule has 1 aliphatic rings. The second kappa shape index (κ2) is 9.79. The Morgan fingerprint density at radius 2 is 1.56 bits per heavy atom. The molecular formula is C27H23NO4. The monoisotopic (exact) mass is 425 g/mol. The number of benzene rings is 3. The van der Waals surface area contributed by atoms with Crippen LogP contribution >= 0.6 is 0 Å². The SMILES string of the molecule is COC(=O)C1=CN(C(=O)Oc2ccccc2)[C@@H](C/C=C/c2ccccc2)c2ccccc21. The van der Waals surface area contributed by atoms with E-state index in [0.717, 1.165) is 16.7 Å². The van der Waals surface area contributed by atoms with E-state index >= 15 is 0 Å². The Kier molecular flexibility index (Phi) is 6.46. The van der Waals surface area contributed by atoms with Crippen LogP contribution in [0.25, 0.3) is 11.6 Å². The molecule has 0 saturated carbocycles. The van der Waals surface area contributed by atoms with Gasteiger partial charge in [0, 0.05) is 6.20 Å². The number of para-hydroxylation sites is 1. The predicted octanol–water partition coefficient (Wildman–Crippen LogP) is 5.86. The van der Waals surface area contributed by atoms with Gasteiger partial charge in [-0.15, -0.1) is 0 Å². The van der Waals surface area contributed by atoms with Crippen molar-refractivity contribution in [2.75, 3.05) is 7.11 Å². The molecule has 5 nitrogen and oxygen atoms in total. The lowest BCUT2D eigenvalue weighted by Crippen LogP contribution is -2.36. The smallest absolute Gasteiger partial charge is 0.419 e. The molecule has 1 aliphatic heterocycles. The molecule has 32 heavy (non-hydrogen) atoms. The van der Waals surface area contributed by atoms with Crippen LogP contribution in [0.2, 0.25) is 0 Å². The molecule has 1 heterocycles. The van der Waals surface area contributed by atoms with E-state index < -0.39 is 12.1 Å². The molecule has 0 saturated heterocycles. The number of amides is 1. The quantitative estimate of drug-likeness (QED) is 0.481. The molecule has 3 aromatic carbocycles. The van der Waals surface area contributed by atoms with Crippen LogP contribution in [0.15, 0.2) is 97.2 Å². The maximum atomic E-state index is 13.2. The van der Waals surface area contributed by atoms with Crippen LogP contribution < -0.4 is 4.74 Å². The molecule has 0 N–H and O–H groups in total. The van der Waals surface area contributed by atoms with Gasteiger partial charge in [-0.25, -0.2) is 9.59 Å². The van der Waals surface area contributed by atoms with E-state index in [1.54, 1.807) is 24.3 Å². The van der Waals surface area contributed by atoms with E-state index in [2.05, 4.69) is 0 Å². The van der Waals surface area contributed by atoms with E-state index in [-0.39, 0.29) is 6.04 Å². The predicted molar refractivity (Wildman–Crippen MR) is 124 cm³/mol. The normalized spacial score (nSPS) is 15.1. The fourth-order valence-electron chi connectivity index (χ4n) is 3.71. The zero-order chi connectivity index (χ0) is 22.3. The van der Waals surface area contributed by atoms with Gasteiger partial charge in [0.25, 0.3) is 0 Å². The highest BCUT2D eigenvalue weighted by Crippen LogP contribution is 2.38. The summed E-state index contributed by atoms with van der Waals surface area (Å²) in [5.41, 5.74) is 3.00. The maximum Gasteiger partial charge on any atom is 0.419 e. The van der Waals surface area contributed by atoms with Crippen LogP contribution in [0.3, 0.4) is 0 Å². The van der Waals surface area contributed by atoms with Crippen molar-refractivity contribution in [3.8, 4) is 5.75 Å². The third-order valence-electron chi connectivity index (χ3n) is 5.25. The average molecular weight is 425 g/mol. The molecule has 0 aliphatic carbocycles. The Bertz CT molecular complexity index is 1150. The molecule has 3 aromatic rings. The Hall–Kier alpha value is -4.12. The molecule has 5 heteroatoms. The Morgan fingerprint density at radius 3 is 2.28 bits per heavy atom. The largest absolute Gasteiger partial charge is 0.465 e. The fraction of sp³-hybridized carbons (Fsp3) is 0.111. The van der Waals surface area contributed by atoms with Crippen LogP contribution in [0.5, 0.6) is 5.75 Å². The summed E-state index contributed by atoms with van der Waals surface area (Å²) in [4.78, 5) is 27.1. The molecule has 0 radical (unpaired) electrons. The van der Waals surface area contributed by atoms with Crippen molar-refractivity contribution in [1.82, 2.24) is 4.90 Å². The summed E-state index contributed by atoms with van der Waals surface area (Å²) in [5, 5.41) is 0. The molecule has 0 spiro atoms.